The number of piperidine rings is 1. The third-order valence-corrected chi connectivity index (χ3v) is 13.0. The van der Waals surface area contributed by atoms with Gasteiger partial charge in [0, 0.05) is 31.0 Å². The predicted molar refractivity (Wildman–Crippen MR) is 204 cm³/mol. The highest BCUT2D eigenvalue weighted by Gasteiger charge is 2.46. The number of aliphatic hydroxyl groups is 1. The molecule has 290 valence electrons. The summed E-state index contributed by atoms with van der Waals surface area (Å²) in [5, 5.41) is 20.7. The largest absolute Gasteiger partial charge is 0.454 e. The van der Waals surface area contributed by atoms with Gasteiger partial charge in [0.15, 0.2) is 21.3 Å². The lowest BCUT2D eigenvalue weighted by Crippen LogP contribution is -2.64. The number of sulfone groups is 1. The fraction of sp³-hybridized carbons (Fsp3) is 0.575. The molecule has 1 saturated heterocycles. The van der Waals surface area contributed by atoms with Crippen molar-refractivity contribution in [2.45, 2.75) is 108 Å². The van der Waals surface area contributed by atoms with Crippen LogP contribution in [0.2, 0.25) is 0 Å². The van der Waals surface area contributed by atoms with Crippen LogP contribution in [0.1, 0.15) is 77.8 Å². The maximum Gasteiger partial charge on any atom is 0.244 e. The zero-order chi connectivity index (χ0) is 38.6. The van der Waals surface area contributed by atoms with Crippen LogP contribution in [0.15, 0.2) is 54.6 Å². The molecule has 2 aromatic carbocycles. The zero-order valence-corrected chi connectivity index (χ0v) is 32.6. The van der Waals surface area contributed by atoms with Crippen molar-refractivity contribution in [1.82, 2.24) is 20.9 Å². The first-order chi connectivity index (χ1) is 24.9. The Kier molecular flexibility index (Phi) is 12.6. The van der Waals surface area contributed by atoms with Crippen molar-refractivity contribution >= 4 is 33.6 Å². The molecular weight excluding hydrogens is 697 g/mol. The van der Waals surface area contributed by atoms with Gasteiger partial charge in [0.05, 0.1) is 22.9 Å². The van der Waals surface area contributed by atoms with E-state index in [4.69, 9.17) is 9.47 Å². The topological polar surface area (TPSA) is 163 Å². The van der Waals surface area contributed by atoms with Gasteiger partial charge in [-0.1, -0.05) is 55.7 Å². The number of fused-ring (bicyclic) bond motifs is 2. The summed E-state index contributed by atoms with van der Waals surface area (Å²) in [5.41, 5.74) is 1.06. The minimum atomic E-state index is -3.89. The quantitative estimate of drug-likeness (QED) is 0.224. The molecule has 4 N–H and O–H groups in total. The molecule has 12 nitrogen and oxygen atoms in total. The summed E-state index contributed by atoms with van der Waals surface area (Å²) in [6, 6.07) is 11.7. The molecule has 6 unspecified atom stereocenters. The number of β-amino-alcohol motifs (C(OH)–C–C–N with tert-alkyl or cyclic N) is 1. The van der Waals surface area contributed by atoms with E-state index in [1.165, 1.54) is 26.0 Å². The number of aliphatic hydroxyl groups excluding tert-OH is 1. The van der Waals surface area contributed by atoms with Crippen LogP contribution in [0, 0.1) is 11.8 Å². The van der Waals surface area contributed by atoms with Crippen LogP contribution in [0.5, 0.6) is 11.5 Å². The number of ether oxygens (including phenoxy) is 2. The lowest BCUT2D eigenvalue weighted by atomic mass is 9.72. The highest BCUT2D eigenvalue weighted by Crippen LogP contribution is 2.39. The third-order valence-electron chi connectivity index (χ3n) is 10.8. The molecule has 2 heterocycles. The van der Waals surface area contributed by atoms with Gasteiger partial charge in [0.1, 0.15) is 6.04 Å². The zero-order valence-electron chi connectivity index (χ0n) is 31.8. The average molecular weight is 753 g/mol. The van der Waals surface area contributed by atoms with Crippen molar-refractivity contribution in [1.29, 1.82) is 0 Å². The number of likely N-dealkylation sites (tertiary alicyclic amines) is 1. The molecule has 2 aromatic rings. The molecule has 1 aliphatic carbocycles. The van der Waals surface area contributed by atoms with Gasteiger partial charge in [-0.25, -0.2) is 8.42 Å². The standard InChI is InChI=1S/C40H56N4O8S/c1-39(2,3)43-37(47)31-22-28-14-10-11-15-29(28)23-44(31)24-32(45)30(20-26-12-8-7-9-13-26)41-38(48)36(40(4,5)53(6,49)50)42-35(46)19-17-27-16-18-33-34(21-27)52-25-51-33/h7-9,12-13,16-19,21,28-32,36,45H,10-11,14-15,20,22-25H2,1-6H3,(H,41,48)(H,42,46)(H,43,47)/b19-17+. The molecule has 2 aliphatic heterocycles. The summed E-state index contributed by atoms with van der Waals surface area (Å²) < 4.78 is 35.2. The molecule has 3 aliphatic rings. The Morgan fingerprint density at radius 1 is 0.962 bits per heavy atom. The summed E-state index contributed by atoms with van der Waals surface area (Å²) in [5.74, 6) is 0.472. The van der Waals surface area contributed by atoms with Crippen molar-refractivity contribution in [3.63, 3.8) is 0 Å². The summed E-state index contributed by atoms with van der Waals surface area (Å²) >= 11 is 0. The smallest absolute Gasteiger partial charge is 0.244 e. The van der Waals surface area contributed by atoms with Crippen LogP contribution in [-0.4, -0.2) is 96.8 Å². The van der Waals surface area contributed by atoms with Crippen LogP contribution in [0.3, 0.4) is 0 Å². The van der Waals surface area contributed by atoms with Crippen molar-refractivity contribution in [3.8, 4) is 11.5 Å². The molecule has 3 amide bonds. The number of hydrogen-bond acceptors (Lipinski definition) is 9. The van der Waals surface area contributed by atoms with E-state index >= 15 is 0 Å². The molecule has 0 spiro atoms. The normalized spacial score (nSPS) is 22.4. The molecule has 0 radical (unpaired) electrons. The van der Waals surface area contributed by atoms with Crippen LogP contribution in [0.25, 0.3) is 6.08 Å². The Bertz CT molecular complexity index is 1760. The van der Waals surface area contributed by atoms with E-state index in [0.29, 0.717) is 41.9 Å². The second-order valence-electron chi connectivity index (χ2n) is 16.4. The van der Waals surface area contributed by atoms with Gasteiger partial charge in [0.2, 0.25) is 24.5 Å². The Hall–Kier alpha value is -3.94. The number of rotatable bonds is 13. The first-order valence-electron chi connectivity index (χ1n) is 18.6. The number of amides is 3. The van der Waals surface area contributed by atoms with Gasteiger partial charge in [0.25, 0.3) is 0 Å². The number of nitrogens with one attached hydrogen (secondary N) is 3. The summed E-state index contributed by atoms with van der Waals surface area (Å²) in [6.45, 7) is 9.51. The first-order valence-corrected chi connectivity index (χ1v) is 20.5. The Balaban J connectivity index is 1.38. The van der Waals surface area contributed by atoms with Crippen molar-refractivity contribution in [3.05, 3.63) is 65.7 Å². The molecule has 2 fully saturated rings. The second-order valence-corrected chi connectivity index (χ2v) is 19.0. The predicted octanol–water partition coefficient (Wildman–Crippen LogP) is 3.62. The van der Waals surface area contributed by atoms with E-state index < -0.39 is 56.2 Å². The van der Waals surface area contributed by atoms with Gasteiger partial charge >= 0.3 is 0 Å². The van der Waals surface area contributed by atoms with E-state index in [0.717, 1.165) is 37.5 Å². The second kappa shape index (κ2) is 16.6. The van der Waals surface area contributed by atoms with Crippen LogP contribution in [0.4, 0.5) is 0 Å². The van der Waals surface area contributed by atoms with Crippen molar-refractivity contribution < 1.29 is 37.4 Å². The van der Waals surface area contributed by atoms with Gasteiger partial charge in [-0.2, -0.15) is 0 Å². The van der Waals surface area contributed by atoms with E-state index in [-0.39, 0.29) is 25.7 Å². The van der Waals surface area contributed by atoms with Crippen LogP contribution < -0.4 is 25.4 Å². The highest BCUT2D eigenvalue weighted by atomic mass is 32.2. The maximum absolute atomic E-state index is 14.3. The van der Waals surface area contributed by atoms with Gasteiger partial charge < -0.3 is 30.5 Å². The average Bonchev–Trinajstić information content (AvgIpc) is 3.56. The Morgan fingerprint density at radius 3 is 2.32 bits per heavy atom. The monoisotopic (exact) mass is 752 g/mol. The van der Waals surface area contributed by atoms with Crippen molar-refractivity contribution in [2.75, 3.05) is 26.1 Å². The van der Waals surface area contributed by atoms with Crippen molar-refractivity contribution in [2.24, 2.45) is 11.8 Å². The molecule has 13 heteroatoms. The number of nitrogens with zero attached hydrogens (tertiary/aromatic N) is 1. The minimum absolute atomic E-state index is 0.0798. The summed E-state index contributed by atoms with van der Waals surface area (Å²) in [6.07, 6.45) is 8.03. The molecule has 53 heavy (non-hydrogen) atoms. The molecule has 6 atom stereocenters. The third kappa shape index (κ3) is 10.4. The summed E-state index contributed by atoms with van der Waals surface area (Å²) in [4.78, 5) is 43.3. The highest BCUT2D eigenvalue weighted by molar-refractivity contribution is 7.92. The SMILES string of the molecule is CC(C)(C)NC(=O)C1CC2CCCCC2CN1CC(O)C(Cc1ccccc1)NC(=O)C(NC(=O)/C=C/c1ccc2c(c1)OCO2)C(C)(C)S(C)(=O)=O. The van der Waals surface area contributed by atoms with Gasteiger partial charge in [-0.3, -0.25) is 19.3 Å². The van der Waals surface area contributed by atoms with E-state index in [1.54, 1.807) is 18.2 Å². The van der Waals surface area contributed by atoms with Gasteiger partial charge in [-0.15, -0.1) is 0 Å². The molecular formula is C40H56N4O8S. The minimum Gasteiger partial charge on any atom is -0.454 e. The van der Waals surface area contributed by atoms with E-state index in [2.05, 4.69) is 20.9 Å². The van der Waals surface area contributed by atoms with Gasteiger partial charge in [-0.05, 0) is 95.1 Å². The lowest BCUT2D eigenvalue weighted by molar-refractivity contribution is -0.133. The number of hydrogen-bond donors (Lipinski definition) is 4. The molecule has 5 rings (SSSR count). The van der Waals surface area contributed by atoms with Crippen LogP contribution in [-0.2, 0) is 30.6 Å². The number of carbonyl (C=O) groups excluding carboxylic acids is 3. The lowest BCUT2D eigenvalue weighted by Gasteiger charge is -2.47. The van der Waals surface area contributed by atoms with E-state index in [9.17, 15) is 27.9 Å². The maximum atomic E-state index is 14.3. The molecule has 1 saturated carbocycles. The Morgan fingerprint density at radius 2 is 1.64 bits per heavy atom. The fourth-order valence-corrected chi connectivity index (χ4v) is 8.15. The van der Waals surface area contributed by atoms with Crippen LogP contribution >= 0.6 is 0 Å². The molecule has 0 bridgehead atoms. The number of benzene rings is 2. The first kappa shape index (κ1) is 40.2. The molecule has 0 aromatic heterocycles. The fourth-order valence-electron chi connectivity index (χ4n) is 7.56. The summed E-state index contributed by atoms with van der Waals surface area (Å²) in [7, 11) is -3.89. The van der Waals surface area contributed by atoms with E-state index in [1.807, 2.05) is 51.1 Å². The Labute approximate surface area is 314 Å². The number of carbonyl (C=O) groups is 3.